The van der Waals surface area contributed by atoms with Crippen LogP contribution in [0, 0.1) is 6.92 Å². The molecule has 0 saturated carbocycles. The molecule has 0 aliphatic heterocycles. The van der Waals surface area contributed by atoms with Gasteiger partial charge < -0.3 is 5.73 Å². The van der Waals surface area contributed by atoms with E-state index in [4.69, 9.17) is 10.7 Å². The summed E-state index contributed by atoms with van der Waals surface area (Å²) in [7, 11) is 0. The van der Waals surface area contributed by atoms with Crippen LogP contribution in [0.2, 0.25) is 0 Å². The second-order valence-corrected chi connectivity index (χ2v) is 8.21. The molecule has 2 aromatic heterocycles. The number of aryl methyl sites for hydroxylation is 3. The molecule has 2 heterocycles. The Morgan fingerprint density at radius 3 is 2.56 bits per heavy atom. The lowest BCUT2D eigenvalue weighted by Gasteiger charge is -2.15. The molecule has 0 fully saturated rings. The second kappa shape index (κ2) is 7.06. The number of rotatable bonds is 2. The average molecular weight is 438 g/mol. The Kier molecular flexibility index (Phi) is 5.19. The van der Waals surface area contributed by atoms with Gasteiger partial charge in [-0.15, -0.1) is 23.7 Å². The normalized spacial score (nSPS) is 13.4. The minimum atomic E-state index is -0.407. The Balaban J connectivity index is 0.00000182. The third-order valence-corrected chi connectivity index (χ3v) is 6.38. The molecule has 0 radical (unpaired) electrons. The number of halogens is 2. The molecule has 1 amide bonds. The number of primary amides is 1. The number of aromatic nitrogens is 1. The maximum absolute atomic E-state index is 12.2. The number of fused-ring (bicyclic) bond motifs is 3. The molecule has 1 aliphatic carbocycles. The van der Waals surface area contributed by atoms with E-state index in [1.165, 1.54) is 23.3 Å². The fraction of sp³-hybridized carbons (Fsp3) is 0.263. The summed E-state index contributed by atoms with van der Waals surface area (Å²) >= 11 is 5.25. The van der Waals surface area contributed by atoms with Gasteiger partial charge in [-0.1, -0.05) is 28.1 Å². The van der Waals surface area contributed by atoms with Gasteiger partial charge in [-0.3, -0.25) is 4.79 Å². The van der Waals surface area contributed by atoms with Gasteiger partial charge in [0.25, 0.3) is 5.91 Å². The summed E-state index contributed by atoms with van der Waals surface area (Å²) in [5.41, 5.74) is 10.3. The van der Waals surface area contributed by atoms with Gasteiger partial charge in [0, 0.05) is 20.3 Å². The Bertz CT molecular complexity index is 966. The SMILES string of the molecule is Cc1nc2sc3c(c2c(-c2ccc(Br)cc2)c1C(N)=O)CCCC3.Cl. The standard InChI is InChI=1S/C19H17BrN2OS.ClH/c1-10-15(18(21)23)16(11-6-8-12(20)9-7-11)17-13-4-2-3-5-14(13)24-19(17)22-10;/h6-9H,2-5H2,1H3,(H2,21,23);1H. The Labute approximate surface area is 165 Å². The lowest BCUT2D eigenvalue weighted by atomic mass is 9.89. The zero-order valence-corrected chi connectivity index (χ0v) is 17.0. The van der Waals surface area contributed by atoms with Gasteiger partial charge in [0.15, 0.2) is 0 Å². The van der Waals surface area contributed by atoms with E-state index >= 15 is 0 Å². The predicted octanol–water partition coefficient (Wildman–Crippen LogP) is 5.43. The summed E-state index contributed by atoms with van der Waals surface area (Å²) in [4.78, 5) is 19.4. The van der Waals surface area contributed by atoms with Gasteiger partial charge in [0.05, 0.1) is 11.3 Å². The van der Waals surface area contributed by atoms with Crippen molar-refractivity contribution in [1.82, 2.24) is 4.98 Å². The predicted molar refractivity (Wildman–Crippen MR) is 110 cm³/mol. The number of nitrogens with zero attached hydrogens (tertiary/aromatic N) is 1. The highest BCUT2D eigenvalue weighted by molar-refractivity contribution is 9.10. The number of hydrogen-bond acceptors (Lipinski definition) is 3. The zero-order chi connectivity index (χ0) is 16.8. The molecule has 0 bridgehead atoms. The van der Waals surface area contributed by atoms with E-state index in [-0.39, 0.29) is 12.4 Å². The van der Waals surface area contributed by atoms with Crippen molar-refractivity contribution in [2.45, 2.75) is 32.6 Å². The molecule has 130 valence electrons. The summed E-state index contributed by atoms with van der Waals surface area (Å²) in [5, 5.41) is 1.14. The number of pyridine rings is 1. The number of carbonyl (C=O) groups excluding carboxylic acids is 1. The lowest BCUT2D eigenvalue weighted by molar-refractivity contribution is 0.1000. The van der Waals surface area contributed by atoms with Crippen LogP contribution < -0.4 is 5.73 Å². The van der Waals surface area contributed by atoms with Gasteiger partial charge >= 0.3 is 0 Å². The minimum Gasteiger partial charge on any atom is -0.366 e. The Morgan fingerprint density at radius 2 is 1.88 bits per heavy atom. The average Bonchev–Trinajstić information content (AvgIpc) is 2.92. The van der Waals surface area contributed by atoms with E-state index in [0.29, 0.717) is 11.3 Å². The van der Waals surface area contributed by atoms with Crippen LogP contribution in [-0.2, 0) is 12.8 Å². The fourth-order valence-corrected chi connectivity index (χ4v) is 5.19. The van der Waals surface area contributed by atoms with Crippen molar-refractivity contribution in [2.24, 2.45) is 5.73 Å². The number of amides is 1. The first kappa shape index (κ1) is 18.4. The van der Waals surface area contributed by atoms with Crippen molar-refractivity contribution in [2.75, 3.05) is 0 Å². The summed E-state index contributed by atoms with van der Waals surface area (Å²) in [6.45, 7) is 1.88. The van der Waals surface area contributed by atoms with Crippen LogP contribution in [-0.4, -0.2) is 10.9 Å². The highest BCUT2D eigenvalue weighted by Crippen LogP contribution is 2.43. The molecule has 4 rings (SSSR count). The van der Waals surface area contributed by atoms with Crippen LogP contribution >= 0.6 is 39.7 Å². The third kappa shape index (κ3) is 3.09. The number of benzene rings is 1. The number of hydrogen-bond donors (Lipinski definition) is 1. The van der Waals surface area contributed by atoms with Gasteiger partial charge in [0.2, 0.25) is 0 Å². The maximum Gasteiger partial charge on any atom is 0.251 e. The molecule has 25 heavy (non-hydrogen) atoms. The van der Waals surface area contributed by atoms with E-state index in [0.717, 1.165) is 38.7 Å². The largest absolute Gasteiger partial charge is 0.366 e. The fourth-order valence-electron chi connectivity index (χ4n) is 3.61. The molecule has 0 atom stereocenters. The zero-order valence-electron chi connectivity index (χ0n) is 13.8. The third-order valence-electron chi connectivity index (χ3n) is 4.66. The van der Waals surface area contributed by atoms with Crippen LogP contribution in [0.15, 0.2) is 28.7 Å². The molecule has 0 unspecified atom stereocenters. The number of nitrogens with two attached hydrogens (primary N) is 1. The monoisotopic (exact) mass is 436 g/mol. The van der Waals surface area contributed by atoms with Crippen LogP contribution in [0.4, 0.5) is 0 Å². The van der Waals surface area contributed by atoms with Gasteiger partial charge in [-0.2, -0.15) is 0 Å². The van der Waals surface area contributed by atoms with E-state index in [2.05, 4.69) is 15.9 Å². The minimum absolute atomic E-state index is 0. The molecular weight excluding hydrogens is 420 g/mol. The molecule has 3 aromatic rings. The lowest BCUT2D eigenvalue weighted by Crippen LogP contribution is -2.15. The van der Waals surface area contributed by atoms with Crippen molar-refractivity contribution in [3.63, 3.8) is 0 Å². The van der Waals surface area contributed by atoms with E-state index in [1.807, 2.05) is 31.2 Å². The first-order chi connectivity index (χ1) is 11.6. The molecule has 1 aromatic carbocycles. The van der Waals surface area contributed by atoms with Crippen LogP contribution in [0.5, 0.6) is 0 Å². The number of thiophene rings is 1. The molecule has 2 N–H and O–H groups in total. The highest BCUT2D eigenvalue weighted by atomic mass is 79.9. The Hall–Kier alpha value is -1.43. The molecule has 6 heteroatoms. The molecule has 0 spiro atoms. The summed E-state index contributed by atoms with van der Waals surface area (Å²) < 4.78 is 1.02. The van der Waals surface area contributed by atoms with E-state index in [1.54, 1.807) is 11.3 Å². The van der Waals surface area contributed by atoms with E-state index < -0.39 is 5.91 Å². The smallest absolute Gasteiger partial charge is 0.251 e. The first-order valence-electron chi connectivity index (χ1n) is 8.07. The quantitative estimate of drug-likeness (QED) is 0.581. The molecule has 3 nitrogen and oxygen atoms in total. The highest BCUT2D eigenvalue weighted by Gasteiger charge is 2.25. The van der Waals surface area contributed by atoms with Crippen molar-refractivity contribution in [1.29, 1.82) is 0 Å². The van der Waals surface area contributed by atoms with Crippen molar-refractivity contribution >= 4 is 55.8 Å². The van der Waals surface area contributed by atoms with E-state index in [9.17, 15) is 4.79 Å². The topological polar surface area (TPSA) is 56.0 Å². The number of carbonyl (C=O) groups is 1. The van der Waals surface area contributed by atoms with Gasteiger partial charge in [-0.25, -0.2) is 4.98 Å². The van der Waals surface area contributed by atoms with Gasteiger partial charge in [0.1, 0.15) is 4.83 Å². The summed E-state index contributed by atoms with van der Waals surface area (Å²) in [5.74, 6) is -0.407. The first-order valence-corrected chi connectivity index (χ1v) is 9.68. The summed E-state index contributed by atoms with van der Waals surface area (Å²) in [6.07, 6.45) is 4.59. The van der Waals surface area contributed by atoms with Crippen LogP contribution in [0.3, 0.4) is 0 Å². The molecule has 1 aliphatic rings. The maximum atomic E-state index is 12.2. The van der Waals surface area contributed by atoms with Crippen molar-refractivity contribution < 1.29 is 4.79 Å². The van der Waals surface area contributed by atoms with Gasteiger partial charge in [-0.05, 0) is 55.9 Å². The molecular formula is C19H18BrClN2OS. The summed E-state index contributed by atoms with van der Waals surface area (Å²) in [6, 6.07) is 8.08. The van der Waals surface area contributed by atoms with Crippen molar-refractivity contribution in [3.05, 3.63) is 50.4 Å². The van der Waals surface area contributed by atoms with Crippen LogP contribution in [0.1, 0.15) is 39.3 Å². The second-order valence-electron chi connectivity index (χ2n) is 6.21. The van der Waals surface area contributed by atoms with Crippen molar-refractivity contribution in [3.8, 4) is 11.1 Å². The Morgan fingerprint density at radius 1 is 1.20 bits per heavy atom. The van der Waals surface area contributed by atoms with Crippen LogP contribution in [0.25, 0.3) is 21.3 Å². The molecule has 0 saturated heterocycles.